The number of hydrogen-bond acceptors (Lipinski definition) is 3. The molecule has 0 radical (unpaired) electrons. The largest absolute Gasteiger partial charge is 0.392 e. The Morgan fingerprint density at radius 2 is 2.06 bits per heavy atom. The fraction of sp³-hybridized carbons (Fsp3) is 0.500. The predicted octanol–water partition coefficient (Wildman–Crippen LogP) is 1.80. The van der Waals surface area contributed by atoms with Crippen molar-refractivity contribution in [3.63, 3.8) is 0 Å². The molecule has 0 saturated carbocycles. The third-order valence-electron chi connectivity index (χ3n) is 2.68. The van der Waals surface area contributed by atoms with Crippen LogP contribution < -0.4 is 0 Å². The zero-order valence-corrected chi connectivity index (χ0v) is 11.0. The van der Waals surface area contributed by atoms with Gasteiger partial charge < -0.3 is 5.11 Å². The average Bonchev–Trinajstić information content (AvgIpc) is 2.20. The van der Waals surface area contributed by atoms with Gasteiger partial charge in [0.1, 0.15) is 0 Å². The summed E-state index contributed by atoms with van der Waals surface area (Å²) in [5, 5.41) is 9.25. The number of aryl methyl sites for hydroxylation is 2. The molecule has 1 atom stereocenters. The zero-order chi connectivity index (χ0) is 13.0. The minimum Gasteiger partial charge on any atom is -0.392 e. The Morgan fingerprint density at radius 1 is 1.41 bits per heavy atom. The Kier molecular flexibility index (Phi) is 4.85. The third kappa shape index (κ3) is 4.29. The molecule has 1 aromatic rings. The highest BCUT2D eigenvalue weighted by Crippen LogP contribution is 2.11. The van der Waals surface area contributed by atoms with E-state index in [1.165, 1.54) is 0 Å². The minimum atomic E-state index is -0.411. The Labute approximate surface area is 103 Å². The van der Waals surface area contributed by atoms with Crippen LogP contribution in [0.2, 0.25) is 0 Å². The zero-order valence-electron chi connectivity index (χ0n) is 11.0. The highest BCUT2D eigenvalue weighted by Gasteiger charge is 2.12. The summed E-state index contributed by atoms with van der Waals surface area (Å²) in [5.74, 6) is 0.106. The quantitative estimate of drug-likeness (QED) is 0.791. The van der Waals surface area contributed by atoms with Crippen LogP contribution in [-0.4, -0.2) is 42.0 Å². The fourth-order valence-corrected chi connectivity index (χ4v) is 1.88. The molecule has 3 heteroatoms. The SMILES string of the molecule is Cc1ccc(C)c(C(=O)CN(C)CC(C)O)c1. The average molecular weight is 235 g/mol. The van der Waals surface area contributed by atoms with Crippen molar-refractivity contribution in [3.8, 4) is 0 Å². The third-order valence-corrected chi connectivity index (χ3v) is 2.68. The molecule has 0 amide bonds. The molecule has 1 unspecified atom stereocenters. The summed E-state index contributed by atoms with van der Waals surface area (Å²) in [6.07, 6.45) is -0.411. The number of ketones is 1. The van der Waals surface area contributed by atoms with E-state index in [1.54, 1.807) is 6.92 Å². The lowest BCUT2D eigenvalue weighted by atomic mass is 10.0. The summed E-state index contributed by atoms with van der Waals surface area (Å²) in [5.41, 5.74) is 2.88. The highest BCUT2D eigenvalue weighted by molar-refractivity contribution is 5.99. The molecular formula is C14H21NO2. The molecule has 1 rings (SSSR count). The van der Waals surface area contributed by atoms with E-state index < -0.39 is 6.10 Å². The fourth-order valence-electron chi connectivity index (χ4n) is 1.88. The molecule has 0 aromatic heterocycles. The molecule has 0 bridgehead atoms. The lowest BCUT2D eigenvalue weighted by molar-refractivity contribution is 0.0900. The maximum atomic E-state index is 12.1. The molecule has 1 aromatic carbocycles. The lowest BCUT2D eigenvalue weighted by Gasteiger charge is -2.18. The van der Waals surface area contributed by atoms with Crippen LogP contribution in [0.3, 0.4) is 0 Å². The van der Waals surface area contributed by atoms with Gasteiger partial charge in [0, 0.05) is 12.1 Å². The van der Waals surface area contributed by atoms with E-state index in [4.69, 9.17) is 0 Å². The van der Waals surface area contributed by atoms with Crippen LogP contribution in [0.25, 0.3) is 0 Å². The molecule has 0 spiro atoms. The van der Waals surface area contributed by atoms with E-state index in [-0.39, 0.29) is 5.78 Å². The number of Topliss-reactive ketones (excluding diaryl/α,β-unsaturated/α-hetero) is 1. The van der Waals surface area contributed by atoms with Crippen LogP contribution in [0.1, 0.15) is 28.4 Å². The Bertz CT molecular complexity index is 399. The number of aliphatic hydroxyl groups excluding tert-OH is 1. The molecule has 0 saturated heterocycles. The van der Waals surface area contributed by atoms with Crippen molar-refractivity contribution in [2.45, 2.75) is 26.9 Å². The van der Waals surface area contributed by atoms with Gasteiger partial charge in [-0.2, -0.15) is 0 Å². The van der Waals surface area contributed by atoms with Crippen LogP contribution in [-0.2, 0) is 0 Å². The molecule has 0 aliphatic carbocycles. The molecule has 0 fully saturated rings. The van der Waals surface area contributed by atoms with Crippen molar-refractivity contribution < 1.29 is 9.90 Å². The summed E-state index contributed by atoms with van der Waals surface area (Å²) in [4.78, 5) is 13.9. The number of benzene rings is 1. The predicted molar refractivity (Wildman–Crippen MR) is 69.4 cm³/mol. The molecule has 0 aliphatic rings. The van der Waals surface area contributed by atoms with Gasteiger partial charge in [0.15, 0.2) is 5.78 Å². The first-order chi connectivity index (χ1) is 7.90. The standard InChI is InChI=1S/C14H21NO2/c1-10-5-6-11(2)13(7-10)14(17)9-15(4)8-12(3)16/h5-7,12,16H,8-9H2,1-4H3. The van der Waals surface area contributed by atoms with E-state index in [2.05, 4.69) is 0 Å². The van der Waals surface area contributed by atoms with Crippen molar-refractivity contribution in [1.82, 2.24) is 4.90 Å². The van der Waals surface area contributed by atoms with Gasteiger partial charge in [0.05, 0.1) is 12.6 Å². The van der Waals surface area contributed by atoms with Crippen LogP contribution in [0.15, 0.2) is 18.2 Å². The van der Waals surface area contributed by atoms with Crippen LogP contribution in [0, 0.1) is 13.8 Å². The number of rotatable bonds is 5. The summed E-state index contributed by atoms with van der Waals surface area (Å²) in [6, 6.07) is 5.90. The molecule has 0 aliphatic heterocycles. The van der Waals surface area contributed by atoms with Gasteiger partial charge in [0.2, 0.25) is 0 Å². The van der Waals surface area contributed by atoms with Crippen molar-refractivity contribution >= 4 is 5.78 Å². The van der Waals surface area contributed by atoms with Gasteiger partial charge in [-0.15, -0.1) is 0 Å². The van der Waals surface area contributed by atoms with Gasteiger partial charge in [-0.3, -0.25) is 9.69 Å². The highest BCUT2D eigenvalue weighted by atomic mass is 16.3. The van der Waals surface area contributed by atoms with Crippen LogP contribution >= 0.6 is 0 Å². The van der Waals surface area contributed by atoms with Gasteiger partial charge >= 0.3 is 0 Å². The number of aliphatic hydroxyl groups is 1. The molecule has 3 nitrogen and oxygen atoms in total. The Morgan fingerprint density at radius 3 is 2.65 bits per heavy atom. The summed E-state index contributed by atoms with van der Waals surface area (Å²) in [7, 11) is 1.84. The Balaban J connectivity index is 2.73. The molecule has 94 valence electrons. The summed E-state index contributed by atoms with van der Waals surface area (Å²) >= 11 is 0. The van der Waals surface area contributed by atoms with Crippen LogP contribution in [0.5, 0.6) is 0 Å². The van der Waals surface area contributed by atoms with Gasteiger partial charge in [-0.1, -0.05) is 17.7 Å². The van der Waals surface area contributed by atoms with E-state index in [9.17, 15) is 9.90 Å². The molecular weight excluding hydrogens is 214 g/mol. The smallest absolute Gasteiger partial charge is 0.177 e. The van der Waals surface area contributed by atoms with Gasteiger partial charge in [-0.05, 0) is 39.4 Å². The summed E-state index contributed by atoms with van der Waals surface area (Å²) < 4.78 is 0. The second-order valence-electron chi connectivity index (χ2n) is 4.79. The number of likely N-dealkylation sites (N-methyl/N-ethyl adjacent to an activating group) is 1. The topological polar surface area (TPSA) is 40.5 Å². The lowest BCUT2D eigenvalue weighted by Crippen LogP contribution is -2.32. The normalized spacial score (nSPS) is 12.8. The van der Waals surface area contributed by atoms with Crippen molar-refractivity contribution in [1.29, 1.82) is 0 Å². The van der Waals surface area contributed by atoms with Crippen LogP contribution in [0.4, 0.5) is 0 Å². The van der Waals surface area contributed by atoms with Gasteiger partial charge in [-0.25, -0.2) is 0 Å². The van der Waals surface area contributed by atoms with Crippen molar-refractivity contribution in [2.75, 3.05) is 20.1 Å². The molecule has 17 heavy (non-hydrogen) atoms. The number of hydrogen-bond donors (Lipinski definition) is 1. The first-order valence-electron chi connectivity index (χ1n) is 5.87. The summed E-state index contributed by atoms with van der Waals surface area (Å²) in [6.45, 7) is 6.50. The second kappa shape index (κ2) is 5.94. The van der Waals surface area contributed by atoms with E-state index in [0.29, 0.717) is 13.1 Å². The van der Waals surface area contributed by atoms with Gasteiger partial charge in [0.25, 0.3) is 0 Å². The molecule has 1 N–H and O–H groups in total. The first kappa shape index (κ1) is 13.9. The molecule has 0 heterocycles. The first-order valence-corrected chi connectivity index (χ1v) is 5.87. The number of carbonyl (C=O) groups excluding carboxylic acids is 1. The maximum Gasteiger partial charge on any atom is 0.177 e. The number of carbonyl (C=O) groups is 1. The van der Waals surface area contributed by atoms with E-state index >= 15 is 0 Å². The number of nitrogens with zero attached hydrogens (tertiary/aromatic N) is 1. The van der Waals surface area contributed by atoms with Crippen molar-refractivity contribution in [2.24, 2.45) is 0 Å². The monoisotopic (exact) mass is 235 g/mol. The second-order valence-corrected chi connectivity index (χ2v) is 4.79. The Hall–Kier alpha value is -1.19. The minimum absolute atomic E-state index is 0.106. The van der Waals surface area contributed by atoms with E-state index in [1.807, 2.05) is 44.0 Å². The van der Waals surface area contributed by atoms with Crippen molar-refractivity contribution in [3.05, 3.63) is 34.9 Å². The maximum absolute atomic E-state index is 12.1. The van der Waals surface area contributed by atoms with E-state index in [0.717, 1.165) is 16.7 Å².